The van der Waals surface area contributed by atoms with Crippen molar-refractivity contribution in [2.75, 3.05) is 6.54 Å². The number of fused-ring (bicyclic) bond motifs is 1. The van der Waals surface area contributed by atoms with Gasteiger partial charge in [0.2, 0.25) is 8.32 Å². The summed E-state index contributed by atoms with van der Waals surface area (Å²) < 4.78 is 9.20. The molecule has 0 aromatic carbocycles. The third kappa shape index (κ3) is 4.08. The SMILES string of the molecule is CC(C)[Si](O[C@H]1C[C@H](n2cnc3c(Cl)ncnc32)C[C@@H]1CN=[N+]=[N-])(C(C)C)C(C)C. The molecule has 30 heavy (non-hydrogen) atoms. The van der Waals surface area contributed by atoms with Gasteiger partial charge >= 0.3 is 0 Å². The molecule has 2 aromatic heterocycles. The van der Waals surface area contributed by atoms with Crippen LogP contribution in [-0.2, 0) is 4.43 Å². The smallest absolute Gasteiger partial charge is 0.200 e. The highest BCUT2D eigenvalue weighted by molar-refractivity contribution is 6.77. The van der Waals surface area contributed by atoms with E-state index in [0.717, 1.165) is 18.5 Å². The first kappa shape index (κ1) is 23.0. The highest BCUT2D eigenvalue weighted by Gasteiger charge is 2.49. The van der Waals surface area contributed by atoms with Crippen LogP contribution in [0, 0.1) is 5.92 Å². The summed E-state index contributed by atoms with van der Waals surface area (Å²) in [5, 5.41) is 4.27. The van der Waals surface area contributed by atoms with Crippen molar-refractivity contribution in [1.29, 1.82) is 0 Å². The van der Waals surface area contributed by atoms with Crippen molar-refractivity contribution in [2.45, 2.75) is 83.2 Å². The minimum atomic E-state index is -2.06. The standard InChI is InChI=1S/C20H32ClN7OSi/c1-12(2)30(13(3)4,14(5)6)29-17-8-16(7-15(17)9-26-27-22)28-11-25-18-19(21)23-10-24-20(18)28/h10-17H,7-9H2,1-6H3/t15-,16-,17+/m1/s1. The van der Waals surface area contributed by atoms with Crippen LogP contribution in [0.5, 0.6) is 0 Å². The van der Waals surface area contributed by atoms with E-state index < -0.39 is 8.32 Å². The van der Waals surface area contributed by atoms with E-state index in [9.17, 15) is 0 Å². The molecule has 0 unspecified atom stereocenters. The molecular weight excluding hydrogens is 418 g/mol. The summed E-state index contributed by atoms with van der Waals surface area (Å²) >= 11 is 6.19. The van der Waals surface area contributed by atoms with Gasteiger partial charge in [-0.3, -0.25) is 0 Å². The number of nitrogens with zero attached hydrogens (tertiary/aromatic N) is 7. The molecule has 1 saturated carbocycles. The molecule has 0 saturated heterocycles. The Balaban J connectivity index is 1.94. The molecule has 0 N–H and O–H groups in total. The summed E-state index contributed by atoms with van der Waals surface area (Å²) in [4.78, 5) is 15.9. The van der Waals surface area contributed by atoms with Crippen LogP contribution in [0.15, 0.2) is 17.8 Å². The van der Waals surface area contributed by atoms with Gasteiger partial charge in [-0.05, 0) is 40.9 Å². The van der Waals surface area contributed by atoms with E-state index in [-0.39, 0.29) is 18.1 Å². The van der Waals surface area contributed by atoms with Gasteiger partial charge in [-0.1, -0.05) is 58.3 Å². The van der Waals surface area contributed by atoms with Crippen LogP contribution in [0.4, 0.5) is 0 Å². The van der Waals surface area contributed by atoms with E-state index in [4.69, 9.17) is 21.6 Å². The lowest BCUT2D eigenvalue weighted by molar-refractivity contribution is 0.136. The number of hydrogen-bond donors (Lipinski definition) is 0. The lowest BCUT2D eigenvalue weighted by Gasteiger charge is -2.45. The van der Waals surface area contributed by atoms with E-state index in [1.54, 1.807) is 6.33 Å². The van der Waals surface area contributed by atoms with Crippen LogP contribution in [0.1, 0.15) is 60.4 Å². The Bertz CT molecular complexity index is 903. The molecule has 8 nitrogen and oxygen atoms in total. The van der Waals surface area contributed by atoms with Gasteiger partial charge in [-0.25, -0.2) is 15.0 Å². The molecule has 0 spiro atoms. The molecule has 3 rings (SSSR count). The predicted molar refractivity (Wildman–Crippen MR) is 122 cm³/mol. The second-order valence-electron chi connectivity index (χ2n) is 9.26. The quantitative estimate of drug-likeness (QED) is 0.155. The predicted octanol–water partition coefficient (Wildman–Crippen LogP) is 6.30. The van der Waals surface area contributed by atoms with Gasteiger partial charge in [-0.15, -0.1) is 0 Å². The number of rotatable bonds is 8. The van der Waals surface area contributed by atoms with E-state index in [2.05, 4.69) is 71.1 Å². The lowest BCUT2D eigenvalue weighted by Crippen LogP contribution is -2.51. The molecule has 2 heterocycles. The maximum absolute atomic E-state index is 8.91. The highest BCUT2D eigenvalue weighted by atomic mass is 35.5. The lowest BCUT2D eigenvalue weighted by atomic mass is 10.1. The maximum atomic E-state index is 8.91. The molecule has 0 bridgehead atoms. The fourth-order valence-corrected chi connectivity index (χ4v) is 11.3. The Morgan fingerprint density at radius 3 is 2.43 bits per heavy atom. The van der Waals surface area contributed by atoms with Gasteiger partial charge in [0.15, 0.2) is 10.8 Å². The number of hydrogen-bond acceptors (Lipinski definition) is 5. The van der Waals surface area contributed by atoms with Crippen molar-refractivity contribution in [3.63, 3.8) is 0 Å². The molecule has 1 aliphatic carbocycles. The van der Waals surface area contributed by atoms with Crippen LogP contribution in [0.3, 0.4) is 0 Å². The Labute approximate surface area is 184 Å². The summed E-state index contributed by atoms with van der Waals surface area (Å²) in [5.74, 6) is 0.170. The van der Waals surface area contributed by atoms with E-state index in [1.165, 1.54) is 6.33 Å². The molecule has 2 aromatic rings. The molecular formula is C20H32ClN7OSi. The fourth-order valence-electron chi connectivity index (χ4n) is 5.52. The summed E-state index contributed by atoms with van der Waals surface area (Å²) in [5.41, 5.74) is 11.8. The third-order valence-corrected chi connectivity index (χ3v) is 13.2. The highest BCUT2D eigenvalue weighted by Crippen LogP contribution is 2.47. The zero-order valence-corrected chi connectivity index (χ0v) is 20.4. The second-order valence-corrected chi connectivity index (χ2v) is 15.0. The first-order valence-electron chi connectivity index (χ1n) is 10.7. The Hall–Kier alpha value is -1.67. The van der Waals surface area contributed by atoms with Crippen LogP contribution in [-0.4, -0.2) is 40.5 Å². The van der Waals surface area contributed by atoms with Crippen LogP contribution in [0.2, 0.25) is 21.8 Å². The Morgan fingerprint density at radius 1 is 1.17 bits per heavy atom. The molecule has 3 atom stereocenters. The van der Waals surface area contributed by atoms with Gasteiger partial charge in [-0.2, -0.15) is 0 Å². The fraction of sp³-hybridized carbons (Fsp3) is 0.750. The topological polar surface area (TPSA) is 102 Å². The maximum Gasteiger partial charge on any atom is 0.200 e. The first-order chi connectivity index (χ1) is 14.2. The third-order valence-electron chi connectivity index (χ3n) is 6.75. The van der Waals surface area contributed by atoms with Crippen LogP contribution in [0.25, 0.3) is 21.6 Å². The largest absolute Gasteiger partial charge is 0.413 e. The van der Waals surface area contributed by atoms with Gasteiger partial charge in [0, 0.05) is 17.5 Å². The van der Waals surface area contributed by atoms with Crippen molar-refractivity contribution in [1.82, 2.24) is 19.5 Å². The van der Waals surface area contributed by atoms with Gasteiger partial charge in [0.25, 0.3) is 0 Å². The summed E-state index contributed by atoms with van der Waals surface area (Å²) in [7, 11) is -2.06. The molecule has 0 radical (unpaired) electrons. The van der Waals surface area contributed by atoms with Crippen LogP contribution < -0.4 is 0 Å². The summed E-state index contributed by atoms with van der Waals surface area (Å²) in [6, 6.07) is 0.169. The van der Waals surface area contributed by atoms with Crippen molar-refractivity contribution < 1.29 is 4.43 Å². The van der Waals surface area contributed by atoms with E-state index in [0.29, 0.717) is 33.8 Å². The number of imidazole rings is 1. The monoisotopic (exact) mass is 449 g/mol. The van der Waals surface area contributed by atoms with E-state index >= 15 is 0 Å². The number of halogens is 1. The Morgan fingerprint density at radius 2 is 1.83 bits per heavy atom. The van der Waals surface area contributed by atoms with Crippen molar-refractivity contribution in [3.05, 3.63) is 28.3 Å². The zero-order valence-electron chi connectivity index (χ0n) is 18.7. The summed E-state index contributed by atoms with van der Waals surface area (Å²) in [6.45, 7) is 14.2. The molecule has 10 heteroatoms. The molecule has 0 aliphatic heterocycles. The molecule has 0 amide bonds. The Kier molecular flexibility index (Phi) is 7.07. The van der Waals surface area contributed by atoms with E-state index in [1.807, 2.05) is 0 Å². The first-order valence-corrected chi connectivity index (χ1v) is 13.3. The van der Waals surface area contributed by atoms with Crippen molar-refractivity contribution in [3.8, 4) is 0 Å². The minimum Gasteiger partial charge on any atom is -0.413 e. The second kappa shape index (κ2) is 9.22. The molecule has 1 fully saturated rings. The van der Waals surface area contributed by atoms with Crippen molar-refractivity contribution >= 4 is 31.1 Å². The van der Waals surface area contributed by atoms with Gasteiger partial charge < -0.3 is 8.99 Å². The number of aromatic nitrogens is 4. The van der Waals surface area contributed by atoms with Crippen LogP contribution >= 0.6 is 11.6 Å². The summed E-state index contributed by atoms with van der Waals surface area (Å²) in [6.07, 6.45) is 5.02. The van der Waals surface area contributed by atoms with Gasteiger partial charge in [0.05, 0.1) is 12.4 Å². The minimum absolute atomic E-state index is 0.0501. The molecule has 1 aliphatic rings. The number of azide groups is 1. The average Bonchev–Trinajstić information content (AvgIpc) is 3.28. The normalized spacial score (nSPS) is 22.4. The van der Waals surface area contributed by atoms with Crippen molar-refractivity contribution in [2.24, 2.45) is 11.0 Å². The zero-order chi connectivity index (χ0) is 22.1. The molecule has 164 valence electrons. The van der Waals surface area contributed by atoms with Gasteiger partial charge in [0.1, 0.15) is 11.8 Å². The average molecular weight is 450 g/mol.